The van der Waals surface area contributed by atoms with E-state index in [1.165, 1.54) is 19.2 Å². The van der Waals surface area contributed by atoms with Crippen LogP contribution in [0.2, 0.25) is 0 Å². The van der Waals surface area contributed by atoms with Crippen LogP contribution >= 0.6 is 0 Å². The minimum Gasteiger partial charge on any atom is -0.497 e. The third-order valence-electron chi connectivity index (χ3n) is 5.97. The molecular weight excluding hydrogens is 435 g/mol. The Balaban J connectivity index is 1.50. The fourth-order valence-corrected chi connectivity index (χ4v) is 4.10. The second-order valence-corrected chi connectivity index (χ2v) is 7.97. The highest BCUT2D eigenvalue weighted by atomic mass is 19.1. The summed E-state index contributed by atoms with van der Waals surface area (Å²) in [7, 11) is 3.47. The van der Waals surface area contributed by atoms with Crippen LogP contribution in [0, 0.1) is 12.7 Å². The Morgan fingerprint density at radius 3 is 2.68 bits per heavy atom. The summed E-state index contributed by atoms with van der Waals surface area (Å²) in [6.45, 7) is 1.95. The van der Waals surface area contributed by atoms with E-state index in [4.69, 9.17) is 4.74 Å². The SMILES string of the molecule is COc1cc(F)cc(-c2ccnc3nc(-c4[nH]nc5ncc(-c6cnc(C)n6C)cc45)[nH]c23)c1. The van der Waals surface area contributed by atoms with Gasteiger partial charge in [-0.3, -0.25) is 5.10 Å². The van der Waals surface area contributed by atoms with Crippen molar-refractivity contribution < 1.29 is 9.13 Å². The number of aryl methyl sites for hydroxylation is 1. The smallest absolute Gasteiger partial charge is 0.181 e. The number of H-pyrrole nitrogens is 2. The first-order valence-corrected chi connectivity index (χ1v) is 10.5. The Labute approximate surface area is 192 Å². The monoisotopic (exact) mass is 454 g/mol. The number of methoxy groups -OCH3 is 1. The summed E-state index contributed by atoms with van der Waals surface area (Å²) in [5.74, 6) is 1.51. The van der Waals surface area contributed by atoms with Crippen molar-refractivity contribution in [2.45, 2.75) is 6.92 Å². The molecule has 0 amide bonds. The third-order valence-corrected chi connectivity index (χ3v) is 5.97. The van der Waals surface area contributed by atoms with Crippen LogP contribution in [-0.2, 0) is 7.05 Å². The van der Waals surface area contributed by atoms with E-state index >= 15 is 0 Å². The third kappa shape index (κ3) is 3.11. The average Bonchev–Trinajstić information content (AvgIpc) is 3.54. The van der Waals surface area contributed by atoms with E-state index in [1.807, 2.05) is 36.9 Å². The zero-order valence-corrected chi connectivity index (χ0v) is 18.6. The number of pyridine rings is 2. The van der Waals surface area contributed by atoms with Gasteiger partial charge in [-0.05, 0) is 36.8 Å². The molecule has 0 bridgehead atoms. The lowest BCUT2D eigenvalue weighted by atomic mass is 10.1. The zero-order valence-electron chi connectivity index (χ0n) is 18.6. The number of hydrogen-bond acceptors (Lipinski definition) is 6. The van der Waals surface area contributed by atoms with Crippen LogP contribution in [0.1, 0.15) is 5.82 Å². The Bertz CT molecular complexity index is 1700. The molecule has 34 heavy (non-hydrogen) atoms. The molecule has 0 aliphatic carbocycles. The van der Waals surface area contributed by atoms with Crippen LogP contribution in [0.4, 0.5) is 4.39 Å². The number of benzene rings is 1. The molecule has 5 aromatic heterocycles. The number of fused-ring (bicyclic) bond motifs is 2. The Morgan fingerprint density at radius 2 is 1.88 bits per heavy atom. The summed E-state index contributed by atoms with van der Waals surface area (Å²) in [5.41, 5.74) is 5.72. The van der Waals surface area contributed by atoms with Crippen LogP contribution < -0.4 is 4.74 Å². The van der Waals surface area contributed by atoms with E-state index in [2.05, 4.69) is 35.1 Å². The molecule has 0 radical (unpaired) electrons. The normalized spacial score (nSPS) is 11.5. The van der Waals surface area contributed by atoms with Gasteiger partial charge < -0.3 is 14.3 Å². The van der Waals surface area contributed by atoms with Gasteiger partial charge in [0.25, 0.3) is 0 Å². The van der Waals surface area contributed by atoms with Crippen LogP contribution in [-0.4, -0.2) is 46.8 Å². The quantitative estimate of drug-likeness (QED) is 0.408. The lowest BCUT2D eigenvalue weighted by Gasteiger charge is -2.06. The van der Waals surface area contributed by atoms with Crippen molar-refractivity contribution in [3.63, 3.8) is 0 Å². The number of halogens is 1. The van der Waals surface area contributed by atoms with Gasteiger partial charge in [0.05, 0.1) is 29.9 Å². The fourth-order valence-electron chi connectivity index (χ4n) is 4.10. The van der Waals surface area contributed by atoms with E-state index in [0.29, 0.717) is 39.6 Å². The number of aromatic nitrogens is 8. The zero-order chi connectivity index (χ0) is 23.4. The first-order valence-electron chi connectivity index (χ1n) is 10.5. The first kappa shape index (κ1) is 20.0. The molecule has 0 spiro atoms. The summed E-state index contributed by atoms with van der Waals surface area (Å²) in [5, 5.41) is 8.19. The van der Waals surface area contributed by atoms with Crippen molar-refractivity contribution >= 4 is 22.2 Å². The van der Waals surface area contributed by atoms with E-state index in [-0.39, 0.29) is 5.82 Å². The van der Waals surface area contributed by atoms with E-state index in [0.717, 1.165) is 28.0 Å². The molecule has 1 aromatic carbocycles. The van der Waals surface area contributed by atoms with Gasteiger partial charge >= 0.3 is 0 Å². The number of nitrogens with zero attached hydrogens (tertiary/aromatic N) is 6. The number of ether oxygens (including phenoxy) is 1. The van der Waals surface area contributed by atoms with Crippen LogP contribution in [0.5, 0.6) is 5.75 Å². The van der Waals surface area contributed by atoms with Crippen molar-refractivity contribution in [2.24, 2.45) is 7.05 Å². The molecule has 0 aliphatic heterocycles. The lowest BCUT2D eigenvalue weighted by molar-refractivity contribution is 0.411. The highest BCUT2D eigenvalue weighted by molar-refractivity contribution is 5.96. The largest absolute Gasteiger partial charge is 0.497 e. The maximum absolute atomic E-state index is 14.2. The lowest BCUT2D eigenvalue weighted by Crippen LogP contribution is -1.94. The molecule has 6 aromatic rings. The van der Waals surface area contributed by atoms with Gasteiger partial charge in [-0.1, -0.05) is 0 Å². The summed E-state index contributed by atoms with van der Waals surface area (Å²) in [6.07, 6.45) is 5.25. The Morgan fingerprint density at radius 1 is 1.00 bits per heavy atom. The maximum Gasteiger partial charge on any atom is 0.181 e. The average molecular weight is 454 g/mol. The molecule has 0 atom stereocenters. The van der Waals surface area contributed by atoms with Gasteiger partial charge in [-0.2, -0.15) is 5.10 Å². The highest BCUT2D eigenvalue weighted by Gasteiger charge is 2.18. The van der Waals surface area contributed by atoms with Gasteiger partial charge in [0.15, 0.2) is 17.1 Å². The fraction of sp³-hybridized carbons (Fsp3) is 0.125. The Hall–Kier alpha value is -4.60. The van der Waals surface area contributed by atoms with Crippen LogP contribution in [0.15, 0.2) is 48.9 Å². The van der Waals surface area contributed by atoms with Gasteiger partial charge in [0, 0.05) is 36.6 Å². The molecule has 0 saturated heterocycles. The standard InChI is InChI=1S/C24H19FN8O/c1-12-27-11-19(33(12)2)14-8-18-21(31-32-22(18)28-10-14)24-29-20-17(4-5-26-23(20)30-24)13-6-15(25)9-16(7-13)34-3/h4-11H,1-3H3,(H,26,29,30)(H,28,31,32). The molecule has 2 N–H and O–H groups in total. The summed E-state index contributed by atoms with van der Waals surface area (Å²) in [4.78, 5) is 21.3. The second-order valence-electron chi connectivity index (χ2n) is 7.97. The topological polar surface area (TPSA) is 110 Å². The van der Waals surface area contributed by atoms with Crippen molar-refractivity contribution in [1.82, 2.24) is 39.7 Å². The highest BCUT2D eigenvalue weighted by Crippen LogP contribution is 2.33. The summed E-state index contributed by atoms with van der Waals surface area (Å²) in [6, 6.07) is 8.39. The first-order chi connectivity index (χ1) is 16.5. The van der Waals surface area contributed by atoms with E-state index in [9.17, 15) is 4.39 Å². The minimum atomic E-state index is -0.386. The summed E-state index contributed by atoms with van der Waals surface area (Å²) >= 11 is 0. The molecule has 5 heterocycles. The van der Waals surface area contributed by atoms with Crippen LogP contribution in [0.25, 0.3) is 56.1 Å². The number of imidazole rings is 2. The molecule has 0 fully saturated rings. The van der Waals surface area contributed by atoms with Crippen molar-refractivity contribution in [2.75, 3.05) is 7.11 Å². The van der Waals surface area contributed by atoms with Gasteiger partial charge in [-0.15, -0.1) is 0 Å². The minimum absolute atomic E-state index is 0.386. The number of hydrogen-bond donors (Lipinski definition) is 2. The second kappa shape index (κ2) is 7.48. The van der Waals surface area contributed by atoms with Crippen LogP contribution in [0.3, 0.4) is 0 Å². The molecular formula is C24H19FN8O. The summed E-state index contributed by atoms with van der Waals surface area (Å²) < 4.78 is 21.4. The molecule has 10 heteroatoms. The number of aromatic amines is 2. The van der Waals surface area contributed by atoms with Gasteiger partial charge in [-0.25, -0.2) is 24.3 Å². The van der Waals surface area contributed by atoms with E-state index < -0.39 is 0 Å². The number of rotatable bonds is 4. The molecule has 9 nitrogen and oxygen atoms in total. The predicted molar refractivity (Wildman–Crippen MR) is 126 cm³/mol. The molecule has 168 valence electrons. The van der Waals surface area contributed by atoms with Gasteiger partial charge in [0.2, 0.25) is 0 Å². The molecule has 0 aliphatic rings. The molecule has 6 rings (SSSR count). The molecule has 0 saturated carbocycles. The Kier molecular flexibility index (Phi) is 4.41. The maximum atomic E-state index is 14.2. The number of nitrogens with one attached hydrogen (secondary N) is 2. The predicted octanol–water partition coefficient (Wildman–Crippen LogP) is 4.42. The van der Waals surface area contributed by atoms with E-state index in [1.54, 1.807) is 18.5 Å². The van der Waals surface area contributed by atoms with Crippen molar-refractivity contribution in [3.05, 3.63) is 60.6 Å². The van der Waals surface area contributed by atoms with Crippen molar-refractivity contribution in [3.8, 4) is 39.7 Å². The van der Waals surface area contributed by atoms with Crippen molar-refractivity contribution in [1.29, 1.82) is 0 Å². The van der Waals surface area contributed by atoms with Gasteiger partial charge in [0.1, 0.15) is 23.1 Å². The molecule has 0 unspecified atom stereocenters.